The van der Waals surface area contributed by atoms with Gasteiger partial charge in [0.1, 0.15) is 17.3 Å². The number of halogens is 2. The van der Waals surface area contributed by atoms with Gasteiger partial charge in [-0.3, -0.25) is 9.59 Å². The highest BCUT2D eigenvalue weighted by Crippen LogP contribution is 2.23. The van der Waals surface area contributed by atoms with Gasteiger partial charge >= 0.3 is 12.6 Å². The number of morpholine rings is 1. The highest BCUT2D eigenvalue weighted by atomic mass is 32.2. The second-order valence-electron chi connectivity index (χ2n) is 9.84. The molecule has 0 spiro atoms. The number of ketones is 1. The minimum absolute atomic E-state index is 0.0449. The Labute approximate surface area is 246 Å². The molecule has 1 saturated heterocycles. The number of benzene rings is 2. The molecule has 1 aliphatic rings. The van der Waals surface area contributed by atoms with Crippen molar-refractivity contribution in [3.63, 3.8) is 0 Å². The smallest absolute Gasteiger partial charge is 0.387 e. The normalized spacial score (nSPS) is 15.2. The van der Waals surface area contributed by atoms with Gasteiger partial charge in [-0.2, -0.15) is 8.78 Å². The summed E-state index contributed by atoms with van der Waals surface area (Å²) in [7, 11) is -4.21. The molecule has 0 bridgehead atoms. The lowest BCUT2D eigenvalue weighted by atomic mass is 10.1. The van der Waals surface area contributed by atoms with E-state index in [1.54, 1.807) is 31.2 Å². The molecule has 2 atom stereocenters. The first-order valence-corrected chi connectivity index (χ1v) is 15.4. The number of carbonyl (C=O) groups is 3. The van der Waals surface area contributed by atoms with E-state index >= 15 is 0 Å². The molecule has 43 heavy (non-hydrogen) atoms. The fourth-order valence-corrected chi connectivity index (χ4v) is 6.10. The Morgan fingerprint density at radius 3 is 2.42 bits per heavy atom. The van der Waals surface area contributed by atoms with Crippen LogP contribution in [0.2, 0.25) is 0 Å². The fourth-order valence-electron chi connectivity index (χ4n) is 4.53. The largest absolute Gasteiger partial charge is 0.435 e. The van der Waals surface area contributed by atoms with Gasteiger partial charge in [-0.1, -0.05) is 43.7 Å². The van der Waals surface area contributed by atoms with E-state index in [9.17, 15) is 31.6 Å². The topological polar surface area (TPSA) is 157 Å². The van der Waals surface area contributed by atoms with Crippen molar-refractivity contribution in [2.24, 2.45) is 0 Å². The van der Waals surface area contributed by atoms with E-state index in [1.165, 1.54) is 29.2 Å². The second kappa shape index (κ2) is 14.4. The van der Waals surface area contributed by atoms with Gasteiger partial charge in [-0.05, 0) is 24.6 Å². The van der Waals surface area contributed by atoms with E-state index in [0.29, 0.717) is 17.5 Å². The minimum Gasteiger partial charge on any atom is -0.435 e. The maximum absolute atomic E-state index is 13.5. The zero-order valence-corrected chi connectivity index (χ0v) is 24.1. The maximum atomic E-state index is 13.5. The molecule has 0 unspecified atom stereocenters. The van der Waals surface area contributed by atoms with Gasteiger partial charge in [-0.25, -0.2) is 18.2 Å². The number of hydrogen-bond donors (Lipinski definition) is 2. The Bertz CT molecular complexity index is 1510. The summed E-state index contributed by atoms with van der Waals surface area (Å²) in [6.45, 7) is -0.411. The van der Waals surface area contributed by atoms with Crippen LogP contribution in [0.5, 0.6) is 5.75 Å². The molecule has 1 fully saturated rings. The van der Waals surface area contributed by atoms with Gasteiger partial charge in [-0.15, -0.1) is 0 Å². The summed E-state index contributed by atoms with van der Waals surface area (Å²) in [5, 5.41) is 5.02. The first kappa shape index (κ1) is 31.8. The van der Waals surface area contributed by atoms with Crippen LogP contribution in [-0.2, 0) is 25.1 Å². The number of fused-ring (bicyclic) bond motifs is 1. The number of nitrogens with one attached hydrogen (secondary N) is 2. The van der Waals surface area contributed by atoms with E-state index in [2.05, 4.69) is 20.4 Å². The van der Waals surface area contributed by atoms with Crippen LogP contribution >= 0.6 is 0 Å². The fraction of sp³-hybridized carbons (Fsp3) is 0.429. The average Bonchev–Trinajstić information content (AvgIpc) is 3.41. The minimum atomic E-state index is -4.21. The molecule has 12 nitrogen and oxygen atoms in total. The van der Waals surface area contributed by atoms with Gasteiger partial charge in [0.25, 0.3) is 5.89 Å². The Morgan fingerprint density at radius 2 is 1.72 bits per heavy atom. The standard InChI is InChI=1S/C28H32F2N4O8S/c1-2-7-20(24(35)26-32-19-9-4-6-11-23(19)41-26)31-25(36)21(33-28(37)34-12-14-40-15-13-34)17-43(38,39)16-18-8-3-5-10-22(18)42-27(29)30/h3-6,8-11,20-21,27H,2,7,12-17H2,1H3,(H,31,36)(H,33,37)/t20-,21-/m0/s1. The molecule has 1 aromatic heterocycles. The monoisotopic (exact) mass is 622 g/mol. The van der Waals surface area contributed by atoms with Crippen molar-refractivity contribution in [2.75, 3.05) is 32.1 Å². The van der Waals surface area contributed by atoms with Gasteiger partial charge in [0.05, 0.1) is 30.8 Å². The Hall–Kier alpha value is -4.11. The number of hydrogen-bond acceptors (Lipinski definition) is 9. The average molecular weight is 623 g/mol. The van der Waals surface area contributed by atoms with Crippen LogP contribution in [0.3, 0.4) is 0 Å². The number of aromatic nitrogens is 1. The number of rotatable bonds is 13. The van der Waals surface area contributed by atoms with Crippen molar-refractivity contribution >= 4 is 38.7 Å². The molecular weight excluding hydrogens is 590 g/mol. The summed E-state index contributed by atoms with van der Waals surface area (Å²) in [6.07, 6.45) is 0.652. The summed E-state index contributed by atoms with van der Waals surface area (Å²) in [4.78, 5) is 45.4. The molecule has 0 saturated carbocycles. The molecule has 0 radical (unpaired) electrons. The number of alkyl halides is 2. The molecule has 2 N–H and O–H groups in total. The summed E-state index contributed by atoms with van der Waals surface area (Å²) in [5.41, 5.74) is 0.784. The van der Waals surface area contributed by atoms with Crippen LogP contribution in [0, 0.1) is 0 Å². The highest BCUT2D eigenvalue weighted by Gasteiger charge is 2.34. The van der Waals surface area contributed by atoms with Crippen LogP contribution < -0.4 is 15.4 Å². The number of para-hydroxylation sites is 3. The van der Waals surface area contributed by atoms with Crippen molar-refractivity contribution in [3.8, 4) is 5.75 Å². The van der Waals surface area contributed by atoms with Crippen LogP contribution in [0.25, 0.3) is 11.1 Å². The predicted octanol–water partition coefficient (Wildman–Crippen LogP) is 2.92. The Balaban J connectivity index is 1.56. The van der Waals surface area contributed by atoms with Crippen molar-refractivity contribution in [3.05, 3.63) is 60.0 Å². The quantitative estimate of drug-likeness (QED) is 0.274. The van der Waals surface area contributed by atoms with Gasteiger partial charge in [0, 0.05) is 18.7 Å². The van der Waals surface area contributed by atoms with Crippen LogP contribution in [0.4, 0.5) is 13.6 Å². The third-order valence-corrected chi connectivity index (χ3v) is 8.20. The molecule has 2 heterocycles. The number of nitrogens with zero attached hydrogens (tertiary/aromatic N) is 2. The van der Waals surface area contributed by atoms with Crippen molar-refractivity contribution in [1.29, 1.82) is 0 Å². The summed E-state index contributed by atoms with van der Waals surface area (Å²) in [6, 6.07) is 8.68. The molecule has 4 rings (SSSR count). The third-order valence-electron chi connectivity index (χ3n) is 6.61. The summed E-state index contributed by atoms with van der Waals surface area (Å²) in [5.74, 6) is -3.72. The molecule has 15 heteroatoms. The molecule has 232 valence electrons. The third kappa shape index (κ3) is 8.70. The van der Waals surface area contributed by atoms with E-state index in [1.807, 2.05) is 0 Å². The highest BCUT2D eigenvalue weighted by molar-refractivity contribution is 7.90. The number of urea groups is 1. The van der Waals surface area contributed by atoms with Crippen molar-refractivity contribution < 1.29 is 45.5 Å². The molecule has 3 amide bonds. The number of carbonyl (C=O) groups excluding carboxylic acids is 3. The zero-order chi connectivity index (χ0) is 31.0. The Morgan fingerprint density at radius 1 is 1.02 bits per heavy atom. The van der Waals surface area contributed by atoms with Crippen LogP contribution in [-0.4, -0.2) is 86.8 Å². The first-order valence-electron chi connectivity index (χ1n) is 13.6. The van der Waals surface area contributed by atoms with Crippen LogP contribution in [0.15, 0.2) is 52.9 Å². The lowest BCUT2D eigenvalue weighted by Gasteiger charge is -2.29. The van der Waals surface area contributed by atoms with E-state index < -0.39 is 57.8 Å². The van der Waals surface area contributed by atoms with Gasteiger partial charge in [0.15, 0.2) is 15.4 Å². The second-order valence-corrected chi connectivity index (χ2v) is 12.0. The van der Waals surface area contributed by atoms with Gasteiger partial charge < -0.3 is 29.4 Å². The number of sulfone groups is 1. The van der Waals surface area contributed by atoms with E-state index in [0.717, 1.165) is 0 Å². The molecule has 3 aromatic rings. The molecule has 2 aromatic carbocycles. The first-order chi connectivity index (χ1) is 20.6. The zero-order valence-electron chi connectivity index (χ0n) is 23.3. The van der Waals surface area contributed by atoms with E-state index in [-0.39, 0.29) is 49.9 Å². The molecule has 0 aliphatic carbocycles. The number of ether oxygens (including phenoxy) is 2. The van der Waals surface area contributed by atoms with Crippen LogP contribution in [0.1, 0.15) is 36.0 Å². The van der Waals surface area contributed by atoms with Crippen molar-refractivity contribution in [2.45, 2.75) is 44.2 Å². The molecular formula is C28H32F2N4O8S. The number of oxazole rings is 1. The van der Waals surface area contributed by atoms with E-state index in [4.69, 9.17) is 9.15 Å². The lowest BCUT2D eigenvalue weighted by molar-refractivity contribution is -0.123. The maximum Gasteiger partial charge on any atom is 0.387 e. The summed E-state index contributed by atoms with van der Waals surface area (Å²) < 4.78 is 67.6. The lowest BCUT2D eigenvalue weighted by Crippen LogP contribution is -2.57. The van der Waals surface area contributed by atoms with Gasteiger partial charge in [0.2, 0.25) is 11.7 Å². The number of amides is 3. The summed E-state index contributed by atoms with van der Waals surface area (Å²) >= 11 is 0. The predicted molar refractivity (Wildman–Crippen MR) is 150 cm³/mol. The molecule has 1 aliphatic heterocycles. The van der Waals surface area contributed by atoms with Crippen molar-refractivity contribution in [1.82, 2.24) is 20.5 Å². The Kier molecular flexibility index (Phi) is 10.6. The number of Topliss-reactive ketones (excluding diaryl/α,β-unsaturated/α-hetero) is 1. The SMILES string of the molecule is CCC[C@H](NC(=O)[C@H](CS(=O)(=O)Cc1ccccc1OC(F)F)NC(=O)N1CCOCC1)C(=O)c1nc2ccccc2o1.